The summed E-state index contributed by atoms with van der Waals surface area (Å²) < 4.78 is 10.5. The maximum Gasteiger partial charge on any atom is 0.343 e. The number of carboxylic acid groups (broad SMARTS) is 1. The van der Waals surface area contributed by atoms with Gasteiger partial charge in [-0.3, -0.25) is 0 Å². The van der Waals surface area contributed by atoms with Crippen LogP contribution in [0.15, 0.2) is 48.5 Å². The molecule has 0 atom stereocenters. The van der Waals surface area contributed by atoms with Gasteiger partial charge in [0.25, 0.3) is 0 Å². The van der Waals surface area contributed by atoms with Crippen molar-refractivity contribution in [3.8, 4) is 11.5 Å². The molecule has 5 nitrogen and oxygen atoms in total. The molecule has 0 amide bonds. The van der Waals surface area contributed by atoms with E-state index >= 15 is 0 Å². The van der Waals surface area contributed by atoms with Gasteiger partial charge in [-0.05, 0) is 49.4 Å². The van der Waals surface area contributed by atoms with Crippen LogP contribution in [0.4, 0.5) is 0 Å². The van der Waals surface area contributed by atoms with Crippen molar-refractivity contribution in [2.45, 2.75) is 6.92 Å². The van der Waals surface area contributed by atoms with E-state index in [1.165, 1.54) is 24.3 Å². The Bertz CT molecular complexity index is 646. The average Bonchev–Trinajstić information content (AvgIpc) is 2.48. The van der Waals surface area contributed by atoms with E-state index in [2.05, 4.69) is 0 Å². The van der Waals surface area contributed by atoms with Crippen LogP contribution >= 0.6 is 0 Å². The Kier molecular flexibility index (Phi) is 4.56. The fourth-order valence-electron chi connectivity index (χ4n) is 1.71. The van der Waals surface area contributed by atoms with Crippen molar-refractivity contribution in [3.05, 3.63) is 59.7 Å². The van der Waals surface area contributed by atoms with Crippen LogP contribution in [0.5, 0.6) is 11.5 Å². The summed E-state index contributed by atoms with van der Waals surface area (Å²) in [5, 5.41) is 8.79. The van der Waals surface area contributed by atoms with Crippen molar-refractivity contribution in [2.75, 3.05) is 6.61 Å². The summed E-state index contributed by atoms with van der Waals surface area (Å²) >= 11 is 0. The molecule has 0 aliphatic heterocycles. The van der Waals surface area contributed by atoms with Gasteiger partial charge in [0, 0.05) is 0 Å². The van der Waals surface area contributed by atoms with Crippen LogP contribution in [0, 0.1) is 0 Å². The van der Waals surface area contributed by atoms with E-state index in [9.17, 15) is 9.59 Å². The first kappa shape index (κ1) is 14.6. The van der Waals surface area contributed by atoms with E-state index in [1.807, 2.05) is 6.92 Å². The molecule has 0 saturated heterocycles. The van der Waals surface area contributed by atoms with Gasteiger partial charge in [-0.25, -0.2) is 9.59 Å². The van der Waals surface area contributed by atoms with Gasteiger partial charge in [0.1, 0.15) is 11.5 Å². The Hall–Kier alpha value is -2.82. The zero-order chi connectivity index (χ0) is 15.2. The summed E-state index contributed by atoms with van der Waals surface area (Å²) in [5.74, 6) is -0.683. The number of hydrogen-bond donors (Lipinski definition) is 1. The predicted molar refractivity (Wildman–Crippen MR) is 76.0 cm³/mol. The quantitative estimate of drug-likeness (QED) is 0.675. The first-order chi connectivity index (χ1) is 10.1. The molecule has 2 rings (SSSR count). The Morgan fingerprint density at radius 1 is 1.00 bits per heavy atom. The lowest BCUT2D eigenvalue weighted by atomic mass is 10.2. The van der Waals surface area contributed by atoms with Crippen LogP contribution in [-0.2, 0) is 0 Å². The number of carboxylic acids is 1. The first-order valence-electron chi connectivity index (χ1n) is 6.38. The van der Waals surface area contributed by atoms with Gasteiger partial charge in [-0.1, -0.05) is 6.07 Å². The number of carbonyl (C=O) groups excluding carboxylic acids is 1. The molecule has 0 fully saturated rings. The van der Waals surface area contributed by atoms with Crippen LogP contribution in [0.3, 0.4) is 0 Å². The monoisotopic (exact) mass is 286 g/mol. The molecule has 5 heteroatoms. The van der Waals surface area contributed by atoms with Gasteiger partial charge in [-0.15, -0.1) is 0 Å². The normalized spacial score (nSPS) is 9.95. The SMILES string of the molecule is CCOc1cccc(C(=O)Oc2ccc(C(=O)O)cc2)c1. The third-order valence-corrected chi connectivity index (χ3v) is 2.69. The van der Waals surface area contributed by atoms with Gasteiger partial charge in [0.15, 0.2) is 0 Å². The minimum Gasteiger partial charge on any atom is -0.494 e. The van der Waals surface area contributed by atoms with Crippen molar-refractivity contribution in [1.82, 2.24) is 0 Å². The van der Waals surface area contributed by atoms with Crippen molar-refractivity contribution in [2.24, 2.45) is 0 Å². The first-order valence-corrected chi connectivity index (χ1v) is 6.38. The summed E-state index contributed by atoms with van der Waals surface area (Å²) in [6.45, 7) is 2.37. The van der Waals surface area contributed by atoms with Crippen LogP contribution in [-0.4, -0.2) is 23.7 Å². The standard InChI is InChI=1S/C16H14O5/c1-2-20-14-5-3-4-12(10-14)16(19)21-13-8-6-11(7-9-13)15(17)18/h3-10H,2H2,1H3,(H,17,18). The highest BCUT2D eigenvalue weighted by atomic mass is 16.5. The second-order valence-corrected chi connectivity index (χ2v) is 4.18. The molecule has 21 heavy (non-hydrogen) atoms. The molecular weight excluding hydrogens is 272 g/mol. The number of ether oxygens (including phenoxy) is 2. The van der Waals surface area contributed by atoms with Crippen LogP contribution in [0.25, 0.3) is 0 Å². The molecule has 2 aromatic carbocycles. The molecule has 0 aliphatic rings. The molecule has 108 valence electrons. The molecule has 0 aliphatic carbocycles. The summed E-state index contributed by atoms with van der Waals surface area (Å²) in [6.07, 6.45) is 0. The van der Waals surface area contributed by atoms with E-state index in [0.29, 0.717) is 17.9 Å². The Labute approximate surface area is 121 Å². The number of carbonyl (C=O) groups is 2. The lowest BCUT2D eigenvalue weighted by Gasteiger charge is -2.07. The summed E-state index contributed by atoms with van der Waals surface area (Å²) in [7, 11) is 0. The van der Waals surface area contributed by atoms with E-state index < -0.39 is 11.9 Å². The number of hydrogen-bond acceptors (Lipinski definition) is 4. The molecule has 0 bridgehead atoms. The Morgan fingerprint density at radius 3 is 2.33 bits per heavy atom. The molecule has 0 saturated carbocycles. The minimum absolute atomic E-state index is 0.133. The molecular formula is C16H14O5. The minimum atomic E-state index is -1.03. The summed E-state index contributed by atoms with van der Waals surface area (Å²) in [4.78, 5) is 22.7. The maximum absolute atomic E-state index is 12.0. The largest absolute Gasteiger partial charge is 0.494 e. The highest BCUT2D eigenvalue weighted by Crippen LogP contribution is 2.17. The third kappa shape index (κ3) is 3.82. The van der Waals surface area contributed by atoms with Crippen LogP contribution in [0.2, 0.25) is 0 Å². The Morgan fingerprint density at radius 2 is 1.71 bits per heavy atom. The van der Waals surface area contributed by atoms with E-state index in [-0.39, 0.29) is 11.3 Å². The summed E-state index contributed by atoms with van der Waals surface area (Å²) in [5.41, 5.74) is 0.497. The van der Waals surface area contributed by atoms with Crippen LogP contribution in [0.1, 0.15) is 27.6 Å². The molecule has 0 radical (unpaired) electrons. The topological polar surface area (TPSA) is 72.8 Å². The number of benzene rings is 2. The fourth-order valence-corrected chi connectivity index (χ4v) is 1.71. The van der Waals surface area contributed by atoms with Crippen molar-refractivity contribution in [1.29, 1.82) is 0 Å². The molecule has 2 aromatic rings. The van der Waals surface area contributed by atoms with Gasteiger partial charge >= 0.3 is 11.9 Å². The van der Waals surface area contributed by atoms with Crippen molar-refractivity contribution in [3.63, 3.8) is 0 Å². The van der Waals surface area contributed by atoms with Gasteiger partial charge in [0.2, 0.25) is 0 Å². The molecule has 0 heterocycles. The number of rotatable bonds is 5. The molecule has 1 N–H and O–H groups in total. The van der Waals surface area contributed by atoms with Gasteiger partial charge in [-0.2, -0.15) is 0 Å². The lowest BCUT2D eigenvalue weighted by molar-refractivity contribution is 0.0696. The van der Waals surface area contributed by atoms with E-state index in [4.69, 9.17) is 14.6 Å². The number of aromatic carboxylic acids is 1. The fraction of sp³-hybridized carbons (Fsp3) is 0.125. The highest BCUT2D eigenvalue weighted by Gasteiger charge is 2.10. The van der Waals surface area contributed by atoms with Crippen molar-refractivity contribution < 1.29 is 24.2 Å². The highest BCUT2D eigenvalue weighted by molar-refractivity contribution is 5.92. The molecule has 0 aromatic heterocycles. The number of esters is 1. The average molecular weight is 286 g/mol. The second kappa shape index (κ2) is 6.56. The Balaban J connectivity index is 2.10. The zero-order valence-corrected chi connectivity index (χ0v) is 11.4. The second-order valence-electron chi connectivity index (χ2n) is 4.18. The smallest absolute Gasteiger partial charge is 0.343 e. The molecule has 0 unspecified atom stereocenters. The zero-order valence-electron chi connectivity index (χ0n) is 11.4. The predicted octanol–water partition coefficient (Wildman–Crippen LogP) is 3.00. The molecule has 0 spiro atoms. The maximum atomic E-state index is 12.0. The van der Waals surface area contributed by atoms with Crippen molar-refractivity contribution >= 4 is 11.9 Å². The van der Waals surface area contributed by atoms with Gasteiger partial charge in [0.05, 0.1) is 17.7 Å². The van der Waals surface area contributed by atoms with Crippen LogP contribution < -0.4 is 9.47 Å². The lowest BCUT2D eigenvalue weighted by Crippen LogP contribution is -2.09. The van der Waals surface area contributed by atoms with E-state index in [1.54, 1.807) is 24.3 Å². The van der Waals surface area contributed by atoms with E-state index in [0.717, 1.165) is 0 Å². The third-order valence-electron chi connectivity index (χ3n) is 2.69. The summed E-state index contributed by atoms with van der Waals surface area (Å²) in [6, 6.07) is 12.3. The van der Waals surface area contributed by atoms with Gasteiger partial charge < -0.3 is 14.6 Å².